The van der Waals surface area contributed by atoms with E-state index >= 15 is 0 Å². The van der Waals surface area contributed by atoms with E-state index in [-0.39, 0.29) is 16.1 Å². The molecule has 0 fully saturated rings. The SMILES string of the molecule is O=C(NCc1cc[nH]c1)c1cnc(Cl)c(Cl)c1. The Hall–Kier alpha value is -1.52. The molecule has 6 heteroatoms. The minimum absolute atomic E-state index is 0.189. The minimum atomic E-state index is -0.239. The summed E-state index contributed by atoms with van der Waals surface area (Å²) < 4.78 is 0. The Balaban J connectivity index is 2.02. The van der Waals surface area contributed by atoms with Crippen molar-refractivity contribution in [2.45, 2.75) is 6.54 Å². The van der Waals surface area contributed by atoms with Gasteiger partial charge in [0.1, 0.15) is 5.15 Å². The Morgan fingerprint density at radius 3 is 2.94 bits per heavy atom. The van der Waals surface area contributed by atoms with Crippen LogP contribution in [0.2, 0.25) is 10.2 Å². The summed E-state index contributed by atoms with van der Waals surface area (Å²) in [6.07, 6.45) is 5.00. The summed E-state index contributed by atoms with van der Waals surface area (Å²) in [6.45, 7) is 0.447. The molecule has 0 saturated carbocycles. The summed E-state index contributed by atoms with van der Waals surface area (Å²) in [6, 6.07) is 3.37. The van der Waals surface area contributed by atoms with E-state index in [1.54, 1.807) is 6.20 Å². The van der Waals surface area contributed by atoms with E-state index in [9.17, 15) is 4.79 Å². The number of aromatic nitrogens is 2. The van der Waals surface area contributed by atoms with Gasteiger partial charge in [0.2, 0.25) is 0 Å². The Morgan fingerprint density at radius 2 is 2.29 bits per heavy atom. The zero-order valence-corrected chi connectivity index (χ0v) is 10.2. The average Bonchev–Trinajstić information content (AvgIpc) is 2.82. The number of H-pyrrole nitrogens is 1. The number of carbonyl (C=O) groups is 1. The molecule has 0 aromatic carbocycles. The van der Waals surface area contributed by atoms with Gasteiger partial charge in [-0.15, -0.1) is 0 Å². The molecule has 1 amide bonds. The molecule has 88 valence electrons. The summed E-state index contributed by atoms with van der Waals surface area (Å²) >= 11 is 11.4. The zero-order chi connectivity index (χ0) is 12.3. The number of nitrogens with zero attached hydrogens (tertiary/aromatic N) is 1. The first-order chi connectivity index (χ1) is 8.16. The summed E-state index contributed by atoms with van der Waals surface area (Å²) in [4.78, 5) is 18.5. The van der Waals surface area contributed by atoms with Crippen LogP contribution < -0.4 is 5.32 Å². The van der Waals surface area contributed by atoms with Crippen molar-refractivity contribution in [2.24, 2.45) is 0 Å². The number of hydrogen-bond acceptors (Lipinski definition) is 2. The van der Waals surface area contributed by atoms with E-state index in [0.29, 0.717) is 12.1 Å². The quantitative estimate of drug-likeness (QED) is 0.842. The molecule has 0 aliphatic carbocycles. The largest absolute Gasteiger partial charge is 0.367 e. The standard InChI is InChI=1S/C11H9Cl2N3O/c12-9-3-8(6-15-10(9)13)11(17)16-5-7-1-2-14-4-7/h1-4,6,14H,5H2,(H,16,17). The minimum Gasteiger partial charge on any atom is -0.367 e. The van der Waals surface area contributed by atoms with Crippen molar-refractivity contribution >= 4 is 29.1 Å². The smallest absolute Gasteiger partial charge is 0.253 e. The number of amides is 1. The van der Waals surface area contributed by atoms with Crippen LogP contribution in [0.3, 0.4) is 0 Å². The molecule has 17 heavy (non-hydrogen) atoms. The third-order valence-electron chi connectivity index (χ3n) is 2.17. The van der Waals surface area contributed by atoms with Crippen LogP contribution in [-0.2, 0) is 6.54 Å². The fourth-order valence-corrected chi connectivity index (χ4v) is 1.57. The first-order valence-corrected chi connectivity index (χ1v) is 5.63. The van der Waals surface area contributed by atoms with Crippen molar-refractivity contribution < 1.29 is 4.79 Å². The predicted octanol–water partition coefficient (Wildman–Crippen LogP) is 2.65. The maximum absolute atomic E-state index is 11.7. The van der Waals surface area contributed by atoms with Crippen molar-refractivity contribution in [1.29, 1.82) is 0 Å². The van der Waals surface area contributed by atoms with E-state index in [4.69, 9.17) is 23.2 Å². The molecule has 0 bridgehead atoms. The van der Waals surface area contributed by atoms with Gasteiger partial charge >= 0.3 is 0 Å². The predicted molar refractivity (Wildman–Crippen MR) is 66.2 cm³/mol. The molecular weight excluding hydrogens is 261 g/mol. The molecular formula is C11H9Cl2N3O. The normalized spacial score (nSPS) is 10.2. The number of carbonyl (C=O) groups excluding carboxylic acids is 1. The molecule has 2 rings (SSSR count). The number of aromatic amines is 1. The van der Waals surface area contributed by atoms with Gasteiger partial charge in [0.15, 0.2) is 0 Å². The van der Waals surface area contributed by atoms with Gasteiger partial charge in [-0.1, -0.05) is 23.2 Å². The summed E-state index contributed by atoms with van der Waals surface area (Å²) in [5.41, 5.74) is 1.38. The number of rotatable bonds is 3. The second-order valence-electron chi connectivity index (χ2n) is 3.40. The van der Waals surface area contributed by atoms with Gasteiger partial charge in [-0.25, -0.2) is 4.98 Å². The van der Waals surface area contributed by atoms with Crippen molar-refractivity contribution in [3.63, 3.8) is 0 Å². The third kappa shape index (κ3) is 2.99. The summed E-state index contributed by atoms with van der Waals surface area (Å²) in [5, 5.41) is 3.20. The van der Waals surface area contributed by atoms with Crippen LogP contribution in [0.4, 0.5) is 0 Å². The summed E-state index contributed by atoms with van der Waals surface area (Å²) in [5.74, 6) is -0.239. The van der Waals surface area contributed by atoms with Gasteiger partial charge in [0, 0.05) is 25.1 Å². The van der Waals surface area contributed by atoms with Gasteiger partial charge < -0.3 is 10.3 Å². The van der Waals surface area contributed by atoms with E-state index in [0.717, 1.165) is 5.56 Å². The van der Waals surface area contributed by atoms with Gasteiger partial charge in [0.25, 0.3) is 5.91 Å². The van der Waals surface area contributed by atoms with E-state index < -0.39 is 0 Å². The topological polar surface area (TPSA) is 57.8 Å². The van der Waals surface area contributed by atoms with Gasteiger partial charge in [-0.05, 0) is 17.7 Å². The molecule has 0 aliphatic rings. The second-order valence-corrected chi connectivity index (χ2v) is 4.16. The van der Waals surface area contributed by atoms with Crippen LogP contribution in [0.1, 0.15) is 15.9 Å². The van der Waals surface area contributed by atoms with Crippen LogP contribution in [0.25, 0.3) is 0 Å². The maximum atomic E-state index is 11.7. The fraction of sp³-hybridized carbons (Fsp3) is 0.0909. The van der Waals surface area contributed by atoms with Crippen LogP contribution >= 0.6 is 23.2 Å². The molecule has 2 aromatic heterocycles. The van der Waals surface area contributed by atoms with Crippen LogP contribution in [0, 0.1) is 0 Å². The number of pyridine rings is 1. The molecule has 2 N–H and O–H groups in total. The highest BCUT2D eigenvalue weighted by Crippen LogP contribution is 2.19. The number of halogens is 2. The van der Waals surface area contributed by atoms with Gasteiger partial charge in [-0.2, -0.15) is 0 Å². The molecule has 2 heterocycles. The van der Waals surface area contributed by atoms with Crippen molar-refractivity contribution in [3.05, 3.63) is 52.0 Å². The third-order valence-corrected chi connectivity index (χ3v) is 2.86. The lowest BCUT2D eigenvalue weighted by Gasteiger charge is -2.04. The second kappa shape index (κ2) is 5.21. The Kier molecular flexibility index (Phi) is 3.66. The molecule has 0 radical (unpaired) electrons. The first-order valence-electron chi connectivity index (χ1n) is 4.88. The van der Waals surface area contributed by atoms with Crippen molar-refractivity contribution in [3.8, 4) is 0 Å². The lowest BCUT2D eigenvalue weighted by atomic mass is 10.2. The molecule has 0 unspecified atom stereocenters. The maximum Gasteiger partial charge on any atom is 0.253 e. The highest BCUT2D eigenvalue weighted by atomic mass is 35.5. The molecule has 4 nitrogen and oxygen atoms in total. The van der Waals surface area contributed by atoms with Crippen LogP contribution in [0.15, 0.2) is 30.7 Å². The van der Waals surface area contributed by atoms with Crippen molar-refractivity contribution in [2.75, 3.05) is 0 Å². The lowest BCUT2D eigenvalue weighted by molar-refractivity contribution is 0.0950. The van der Waals surface area contributed by atoms with E-state index in [2.05, 4.69) is 15.3 Å². The number of hydrogen-bond donors (Lipinski definition) is 2. The Morgan fingerprint density at radius 1 is 1.47 bits per heavy atom. The lowest BCUT2D eigenvalue weighted by Crippen LogP contribution is -2.22. The van der Waals surface area contributed by atoms with Gasteiger partial charge in [0.05, 0.1) is 10.6 Å². The summed E-state index contributed by atoms with van der Waals surface area (Å²) in [7, 11) is 0. The Labute approximate surface area is 108 Å². The fourth-order valence-electron chi connectivity index (χ4n) is 1.30. The zero-order valence-electron chi connectivity index (χ0n) is 8.71. The van der Waals surface area contributed by atoms with Crippen LogP contribution in [-0.4, -0.2) is 15.9 Å². The molecule has 0 saturated heterocycles. The average molecular weight is 270 g/mol. The van der Waals surface area contributed by atoms with E-state index in [1.165, 1.54) is 12.3 Å². The van der Waals surface area contributed by atoms with E-state index in [1.807, 2.05) is 12.3 Å². The molecule has 0 atom stereocenters. The molecule has 0 aliphatic heterocycles. The highest BCUT2D eigenvalue weighted by molar-refractivity contribution is 6.41. The monoisotopic (exact) mass is 269 g/mol. The van der Waals surface area contributed by atoms with Crippen LogP contribution in [0.5, 0.6) is 0 Å². The molecule has 0 spiro atoms. The molecule has 2 aromatic rings. The van der Waals surface area contributed by atoms with Gasteiger partial charge in [-0.3, -0.25) is 4.79 Å². The highest BCUT2D eigenvalue weighted by Gasteiger charge is 2.08. The number of nitrogens with one attached hydrogen (secondary N) is 2. The van der Waals surface area contributed by atoms with Crippen molar-refractivity contribution in [1.82, 2.24) is 15.3 Å². The first kappa shape index (κ1) is 12.0. The Bertz CT molecular complexity index is 526.